The van der Waals surface area contributed by atoms with Gasteiger partial charge in [0, 0.05) is 0 Å². The Bertz CT molecular complexity index is 1050. The minimum atomic E-state index is -1.20. The molecule has 30 heavy (non-hydrogen) atoms. The summed E-state index contributed by atoms with van der Waals surface area (Å²) in [6.45, 7) is 6.45. The lowest BCUT2D eigenvalue weighted by atomic mass is 10.1. The smallest absolute Gasteiger partial charge is 0.350 e. The van der Waals surface area contributed by atoms with Crippen LogP contribution in [0.4, 0.5) is 10.8 Å². The lowest BCUT2D eigenvalue weighted by Crippen LogP contribution is -2.14. The number of rotatable bonds is 7. The third kappa shape index (κ3) is 5.47. The van der Waals surface area contributed by atoms with Gasteiger partial charge in [-0.1, -0.05) is 17.4 Å². The Morgan fingerprint density at radius 1 is 1.23 bits per heavy atom. The SMILES string of the molecule is CCOC(=O)c1sc(NC(=O)C(N=Nc2cc(C)ccc2C(=O)O)=C(C)O)nc1C. The van der Waals surface area contributed by atoms with Gasteiger partial charge in [0.1, 0.15) is 16.3 Å². The van der Waals surface area contributed by atoms with Crippen LogP contribution in [0.15, 0.2) is 39.9 Å². The second-order valence-electron chi connectivity index (χ2n) is 6.07. The van der Waals surface area contributed by atoms with Gasteiger partial charge >= 0.3 is 11.9 Å². The first-order chi connectivity index (χ1) is 14.1. The quantitative estimate of drug-likeness (QED) is 0.257. The van der Waals surface area contributed by atoms with Crippen molar-refractivity contribution in [2.75, 3.05) is 11.9 Å². The number of ether oxygens (including phenoxy) is 1. The average Bonchev–Trinajstić information content (AvgIpc) is 3.01. The fourth-order valence-corrected chi connectivity index (χ4v) is 3.14. The molecule has 0 unspecified atom stereocenters. The van der Waals surface area contributed by atoms with E-state index in [4.69, 9.17) is 4.74 Å². The number of nitrogens with one attached hydrogen (secondary N) is 1. The predicted molar refractivity (Wildman–Crippen MR) is 109 cm³/mol. The minimum absolute atomic E-state index is 0.0312. The number of carboxylic acid groups (broad SMARTS) is 1. The number of carboxylic acids is 1. The van der Waals surface area contributed by atoms with Crippen molar-refractivity contribution in [1.82, 2.24) is 4.98 Å². The molecule has 0 bridgehead atoms. The zero-order valence-corrected chi connectivity index (χ0v) is 17.5. The molecule has 0 spiro atoms. The van der Waals surface area contributed by atoms with Gasteiger partial charge in [0.05, 0.1) is 17.9 Å². The minimum Gasteiger partial charge on any atom is -0.510 e. The van der Waals surface area contributed by atoms with Crippen LogP contribution in [0, 0.1) is 13.8 Å². The van der Waals surface area contributed by atoms with Gasteiger partial charge in [0.25, 0.3) is 5.91 Å². The van der Waals surface area contributed by atoms with Gasteiger partial charge in [-0.25, -0.2) is 14.6 Å². The molecule has 0 aliphatic carbocycles. The number of carbonyl (C=O) groups excluding carboxylic acids is 2. The molecule has 0 fully saturated rings. The molecule has 0 aliphatic heterocycles. The topological polar surface area (TPSA) is 151 Å². The Hall–Kier alpha value is -3.60. The van der Waals surface area contributed by atoms with Crippen molar-refractivity contribution in [3.63, 3.8) is 0 Å². The second kappa shape index (κ2) is 9.74. The van der Waals surface area contributed by atoms with Crippen molar-refractivity contribution in [1.29, 1.82) is 0 Å². The van der Waals surface area contributed by atoms with Crippen molar-refractivity contribution in [2.24, 2.45) is 10.2 Å². The summed E-state index contributed by atoms with van der Waals surface area (Å²) in [6.07, 6.45) is 0. The fourth-order valence-electron chi connectivity index (χ4n) is 2.28. The van der Waals surface area contributed by atoms with E-state index in [9.17, 15) is 24.6 Å². The molecule has 158 valence electrons. The summed E-state index contributed by atoms with van der Waals surface area (Å²) in [5.74, 6) is -3.01. The van der Waals surface area contributed by atoms with Gasteiger partial charge in [-0.15, -0.1) is 10.2 Å². The first kappa shape index (κ1) is 22.7. The number of anilines is 1. The maximum atomic E-state index is 12.5. The molecule has 1 amide bonds. The molecule has 1 aromatic carbocycles. The van der Waals surface area contributed by atoms with Crippen LogP contribution in [0.1, 0.15) is 45.1 Å². The summed E-state index contributed by atoms with van der Waals surface area (Å²) < 4.78 is 4.93. The Morgan fingerprint density at radius 3 is 2.53 bits per heavy atom. The highest BCUT2D eigenvalue weighted by Gasteiger charge is 2.20. The number of esters is 1. The van der Waals surface area contributed by atoms with E-state index in [0.717, 1.165) is 16.9 Å². The van der Waals surface area contributed by atoms with E-state index in [-0.39, 0.29) is 27.9 Å². The van der Waals surface area contributed by atoms with E-state index in [2.05, 4.69) is 20.5 Å². The number of amides is 1. The van der Waals surface area contributed by atoms with E-state index in [1.165, 1.54) is 19.1 Å². The first-order valence-corrected chi connectivity index (χ1v) is 9.57. The van der Waals surface area contributed by atoms with Crippen LogP contribution in [-0.2, 0) is 9.53 Å². The number of allylic oxidation sites excluding steroid dienone is 1. The molecule has 0 saturated heterocycles. The van der Waals surface area contributed by atoms with Crippen LogP contribution < -0.4 is 5.32 Å². The summed E-state index contributed by atoms with van der Waals surface area (Å²) in [6, 6.07) is 4.47. The number of hydrogen-bond donors (Lipinski definition) is 3. The third-order valence-corrected chi connectivity index (χ3v) is 4.73. The predicted octanol–water partition coefficient (Wildman–Crippen LogP) is 4.15. The van der Waals surface area contributed by atoms with Crippen molar-refractivity contribution >= 4 is 40.0 Å². The molecule has 2 aromatic rings. The van der Waals surface area contributed by atoms with Gasteiger partial charge in [-0.2, -0.15) is 0 Å². The zero-order chi connectivity index (χ0) is 22.4. The molecular formula is C19H20N4O6S. The van der Waals surface area contributed by atoms with Gasteiger partial charge in [0.2, 0.25) is 0 Å². The summed E-state index contributed by atoms with van der Waals surface area (Å²) in [4.78, 5) is 40.1. The Kier molecular flexibility index (Phi) is 7.37. The standard InChI is InChI=1S/C19H20N4O6S/c1-5-29-18(28)15-10(3)20-19(30-15)21-16(25)14(11(4)24)23-22-13-8-9(2)6-7-12(13)17(26)27/h6-8,24H,5H2,1-4H3,(H,26,27)(H,20,21,25). The lowest BCUT2D eigenvalue weighted by molar-refractivity contribution is -0.113. The molecule has 0 atom stereocenters. The highest BCUT2D eigenvalue weighted by atomic mass is 32.1. The van der Waals surface area contributed by atoms with E-state index < -0.39 is 29.3 Å². The molecule has 10 nitrogen and oxygen atoms in total. The van der Waals surface area contributed by atoms with Crippen molar-refractivity contribution in [3.05, 3.63) is 51.4 Å². The number of thiazole rings is 1. The Labute approximate surface area is 175 Å². The number of aromatic carboxylic acids is 1. The van der Waals surface area contributed by atoms with Crippen LogP contribution in [-0.4, -0.2) is 39.6 Å². The summed E-state index contributed by atoms with van der Waals surface area (Å²) in [7, 11) is 0. The zero-order valence-electron chi connectivity index (χ0n) is 16.7. The van der Waals surface area contributed by atoms with Crippen molar-refractivity contribution in [3.8, 4) is 0 Å². The number of nitrogens with zero attached hydrogens (tertiary/aromatic N) is 3. The Balaban J connectivity index is 2.28. The summed E-state index contributed by atoms with van der Waals surface area (Å²) >= 11 is 0.916. The molecule has 1 heterocycles. The van der Waals surface area contributed by atoms with Gasteiger partial charge in [-0.05, 0) is 45.4 Å². The number of carbonyl (C=O) groups is 3. The highest BCUT2D eigenvalue weighted by molar-refractivity contribution is 7.17. The average molecular weight is 432 g/mol. The van der Waals surface area contributed by atoms with Crippen LogP contribution in [0.3, 0.4) is 0 Å². The normalized spacial score (nSPS) is 11.9. The monoisotopic (exact) mass is 432 g/mol. The number of aliphatic hydroxyl groups is 1. The maximum absolute atomic E-state index is 12.5. The van der Waals surface area contributed by atoms with Crippen molar-refractivity contribution < 1.29 is 29.3 Å². The van der Waals surface area contributed by atoms with Crippen LogP contribution >= 0.6 is 11.3 Å². The van der Waals surface area contributed by atoms with Crippen LogP contribution in [0.5, 0.6) is 0 Å². The molecule has 0 saturated carbocycles. The molecule has 0 radical (unpaired) electrons. The summed E-state index contributed by atoms with van der Waals surface area (Å²) in [5.41, 5.74) is 0.623. The number of azo groups is 1. The van der Waals surface area contributed by atoms with E-state index in [1.54, 1.807) is 26.8 Å². The number of benzene rings is 1. The largest absolute Gasteiger partial charge is 0.510 e. The Morgan fingerprint density at radius 2 is 1.93 bits per heavy atom. The maximum Gasteiger partial charge on any atom is 0.350 e. The highest BCUT2D eigenvalue weighted by Crippen LogP contribution is 2.25. The first-order valence-electron chi connectivity index (χ1n) is 8.75. The molecular weight excluding hydrogens is 412 g/mol. The summed E-state index contributed by atoms with van der Waals surface area (Å²) in [5, 5.41) is 29.2. The van der Waals surface area contributed by atoms with Crippen LogP contribution in [0.25, 0.3) is 0 Å². The molecule has 2 rings (SSSR count). The van der Waals surface area contributed by atoms with Gasteiger partial charge in [0.15, 0.2) is 10.8 Å². The van der Waals surface area contributed by atoms with Gasteiger partial charge < -0.3 is 14.9 Å². The van der Waals surface area contributed by atoms with E-state index >= 15 is 0 Å². The number of aliphatic hydroxyl groups excluding tert-OH is 1. The number of aryl methyl sites for hydroxylation is 2. The lowest BCUT2D eigenvalue weighted by Gasteiger charge is -2.04. The molecule has 0 aliphatic rings. The molecule has 11 heteroatoms. The third-order valence-electron chi connectivity index (χ3n) is 3.68. The number of hydrogen-bond acceptors (Lipinski definition) is 9. The molecule has 3 N–H and O–H groups in total. The second-order valence-corrected chi connectivity index (χ2v) is 7.07. The van der Waals surface area contributed by atoms with Gasteiger partial charge in [-0.3, -0.25) is 10.1 Å². The number of aromatic nitrogens is 1. The van der Waals surface area contributed by atoms with E-state index in [0.29, 0.717) is 5.69 Å². The van der Waals surface area contributed by atoms with E-state index in [1.807, 2.05) is 0 Å². The molecule has 1 aromatic heterocycles. The van der Waals surface area contributed by atoms with Crippen molar-refractivity contribution in [2.45, 2.75) is 27.7 Å². The fraction of sp³-hybridized carbons (Fsp3) is 0.263. The van der Waals surface area contributed by atoms with Crippen LogP contribution in [0.2, 0.25) is 0 Å².